The van der Waals surface area contributed by atoms with E-state index < -0.39 is 16.6 Å². The maximum absolute atomic E-state index is 12.4. The Balaban J connectivity index is 1.62. The number of aromatic nitrogens is 2. The zero-order valence-corrected chi connectivity index (χ0v) is 17.7. The summed E-state index contributed by atoms with van der Waals surface area (Å²) in [5, 5.41) is 6.10. The number of nitrogens with one attached hydrogen (secondary N) is 3. The molecule has 2 aromatic carbocycles. The van der Waals surface area contributed by atoms with Gasteiger partial charge in [0, 0.05) is 23.8 Å². The monoisotopic (exact) mass is 465 g/mol. The Bertz CT molecular complexity index is 1160. The van der Waals surface area contributed by atoms with Crippen molar-refractivity contribution in [2.75, 3.05) is 15.4 Å². The van der Waals surface area contributed by atoms with Gasteiger partial charge < -0.3 is 15.4 Å². The molecule has 0 fully saturated rings. The molecular weight excluding hydrogens is 448 g/mol. The van der Waals surface area contributed by atoms with E-state index in [1.54, 1.807) is 31.2 Å². The lowest BCUT2D eigenvalue weighted by Crippen LogP contribution is -2.20. The minimum Gasteiger partial charge on any atom is -0.435 e. The predicted octanol–water partition coefficient (Wildman–Crippen LogP) is 4.00. The molecule has 162 valence electrons. The topological polar surface area (TPSA) is 105 Å². The second kappa shape index (κ2) is 9.62. The van der Waals surface area contributed by atoms with E-state index in [-0.39, 0.29) is 21.7 Å². The van der Waals surface area contributed by atoms with E-state index in [2.05, 4.69) is 30.1 Å². The van der Waals surface area contributed by atoms with E-state index in [1.807, 2.05) is 0 Å². The first-order valence-corrected chi connectivity index (χ1v) is 10.7. The van der Waals surface area contributed by atoms with Crippen LogP contribution < -0.4 is 20.1 Å². The number of anilines is 3. The number of benzene rings is 2. The maximum Gasteiger partial charge on any atom is 0.387 e. The Labute approximate surface area is 182 Å². The summed E-state index contributed by atoms with van der Waals surface area (Å²) in [6.45, 7) is -1.19. The minimum atomic E-state index is -3.84. The van der Waals surface area contributed by atoms with Crippen molar-refractivity contribution in [1.29, 1.82) is 0 Å². The molecular formula is C19H17F2N5O3S2. The van der Waals surface area contributed by atoms with Crippen LogP contribution in [0.15, 0.2) is 65.8 Å². The van der Waals surface area contributed by atoms with Gasteiger partial charge in [0.2, 0.25) is 5.95 Å². The molecule has 8 nitrogen and oxygen atoms in total. The summed E-state index contributed by atoms with van der Waals surface area (Å²) in [4.78, 5) is 7.68. The molecule has 3 aromatic rings. The molecule has 0 aliphatic rings. The Morgan fingerprint density at radius 3 is 2.35 bits per heavy atom. The maximum atomic E-state index is 12.4. The number of nitrogens with zero attached hydrogens (tertiary/aromatic N) is 2. The van der Waals surface area contributed by atoms with Gasteiger partial charge >= 0.3 is 6.61 Å². The molecule has 0 atom stereocenters. The third-order valence-corrected chi connectivity index (χ3v) is 5.43. The van der Waals surface area contributed by atoms with Gasteiger partial charge in [0.1, 0.15) is 5.75 Å². The molecule has 0 saturated heterocycles. The van der Waals surface area contributed by atoms with Crippen LogP contribution in [0.3, 0.4) is 0 Å². The summed E-state index contributed by atoms with van der Waals surface area (Å²) < 4.78 is 56.0. The molecule has 3 rings (SSSR count). The van der Waals surface area contributed by atoms with Crippen LogP contribution in [0.25, 0.3) is 0 Å². The van der Waals surface area contributed by atoms with Crippen molar-refractivity contribution in [3.05, 3.63) is 66.5 Å². The van der Waals surface area contributed by atoms with Gasteiger partial charge in [0.25, 0.3) is 10.0 Å². The van der Waals surface area contributed by atoms with E-state index in [0.29, 0.717) is 16.9 Å². The highest BCUT2D eigenvalue weighted by atomic mass is 32.2. The van der Waals surface area contributed by atoms with Crippen LogP contribution in [-0.4, -0.2) is 30.1 Å². The van der Waals surface area contributed by atoms with Gasteiger partial charge in [0.05, 0.1) is 4.90 Å². The van der Waals surface area contributed by atoms with Crippen LogP contribution in [0.5, 0.6) is 5.75 Å². The highest BCUT2D eigenvalue weighted by molar-refractivity contribution is 7.92. The molecule has 31 heavy (non-hydrogen) atoms. The Hall–Kier alpha value is -3.38. The summed E-state index contributed by atoms with van der Waals surface area (Å²) in [5.74, 6) is 0.0126. The summed E-state index contributed by atoms with van der Waals surface area (Å²) in [7, 11) is -3.84. The fourth-order valence-corrected chi connectivity index (χ4v) is 3.67. The molecule has 0 spiro atoms. The van der Waals surface area contributed by atoms with Gasteiger partial charge in [-0.15, -0.1) is 0 Å². The Kier molecular flexibility index (Phi) is 6.92. The first-order valence-electron chi connectivity index (χ1n) is 8.76. The fraction of sp³-hybridized carbons (Fsp3) is 0.105. The highest BCUT2D eigenvalue weighted by Gasteiger charge is 2.15. The predicted molar refractivity (Wildman–Crippen MR) is 117 cm³/mol. The van der Waals surface area contributed by atoms with Gasteiger partial charge in [-0.2, -0.15) is 8.78 Å². The normalized spacial score (nSPS) is 11.1. The van der Waals surface area contributed by atoms with Gasteiger partial charge in [-0.3, -0.25) is 0 Å². The van der Waals surface area contributed by atoms with Gasteiger partial charge in [-0.25, -0.2) is 23.1 Å². The van der Waals surface area contributed by atoms with Crippen molar-refractivity contribution in [2.45, 2.75) is 18.4 Å². The summed E-state index contributed by atoms with van der Waals surface area (Å²) in [6, 6.07) is 11.9. The standard InChI is InChI=1S/C19H17F2N5O3S2/c1-12-11-14(29-17(20)21)5-8-16(12)25-19(30)24-13-3-6-15(7-4-13)31(27,28)26-18-22-9-2-10-23-18/h2-11,17H,1H3,(H,22,23,26)(H2,24,25,30). The molecule has 1 aromatic heterocycles. The number of hydrogen-bond acceptors (Lipinski definition) is 6. The van der Waals surface area contributed by atoms with Crippen molar-refractivity contribution in [3.63, 3.8) is 0 Å². The molecule has 0 unspecified atom stereocenters. The lowest BCUT2D eigenvalue weighted by Gasteiger charge is -2.14. The van der Waals surface area contributed by atoms with Crippen LogP contribution >= 0.6 is 12.2 Å². The molecule has 0 amide bonds. The van der Waals surface area contributed by atoms with Crippen molar-refractivity contribution in [1.82, 2.24) is 9.97 Å². The van der Waals surface area contributed by atoms with Crippen LogP contribution in [0, 0.1) is 6.92 Å². The van der Waals surface area contributed by atoms with Crippen molar-refractivity contribution < 1.29 is 21.9 Å². The lowest BCUT2D eigenvalue weighted by atomic mass is 10.2. The smallest absolute Gasteiger partial charge is 0.387 e. The van der Waals surface area contributed by atoms with Crippen molar-refractivity contribution in [3.8, 4) is 5.75 Å². The largest absolute Gasteiger partial charge is 0.435 e. The minimum absolute atomic E-state index is 0.0230. The first-order chi connectivity index (χ1) is 14.7. The number of thiocarbonyl (C=S) groups is 1. The van der Waals surface area contributed by atoms with Crippen LogP contribution in [0.1, 0.15) is 5.56 Å². The number of sulfonamides is 1. The number of halogens is 2. The van der Waals surface area contributed by atoms with E-state index >= 15 is 0 Å². The number of ether oxygens (including phenoxy) is 1. The van der Waals surface area contributed by atoms with Crippen molar-refractivity contribution >= 4 is 44.7 Å². The van der Waals surface area contributed by atoms with E-state index in [4.69, 9.17) is 12.2 Å². The van der Waals surface area contributed by atoms with Crippen LogP contribution in [0.4, 0.5) is 26.1 Å². The van der Waals surface area contributed by atoms with Crippen molar-refractivity contribution in [2.24, 2.45) is 0 Å². The SMILES string of the molecule is Cc1cc(OC(F)F)ccc1NC(=S)Nc1ccc(S(=O)(=O)Nc2ncccn2)cc1. The summed E-state index contributed by atoms with van der Waals surface area (Å²) in [6.07, 6.45) is 2.85. The third-order valence-electron chi connectivity index (χ3n) is 3.89. The molecule has 0 radical (unpaired) electrons. The lowest BCUT2D eigenvalue weighted by molar-refractivity contribution is -0.0498. The number of hydrogen-bond donors (Lipinski definition) is 3. The quantitative estimate of drug-likeness (QED) is 0.450. The van der Waals surface area contributed by atoms with Gasteiger partial charge in [-0.05, 0) is 73.2 Å². The molecule has 12 heteroatoms. The average Bonchev–Trinajstić information content (AvgIpc) is 2.70. The van der Waals surface area contributed by atoms with E-state index in [9.17, 15) is 17.2 Å². The van der Waals surface area contributed by atoms with Gasteiger partial charge in [-0.1, -0.05) is 0 Å². The second-order valence-electron chi connectivity index (χ2n) is 6.14. The third kappa shape index (κ3) is 6.30. The van der Waals surface area contributed by atoms with Crippen LogP contribution in [-0.2, 0) is 10.0 Å². The van der Waals surface area contributed by atoms with Crippen LogP contribution in [0.2, 0.25) is 0 Å². The summed E-state index contributed by atoms with van der Waals surface area (Å²) in [5.41, 5.74) is 1.80. The highest BCUT2D eigenvalue weighted by Crippen LogP contribution is 2.23. The molecule has 3 N–H and O–H groups in total. The van der Waals surface area contributed by atoms with E-state index in [1.165, 1.54) is 36.7 Å². The zero-order chi connectivity index (χ0) is 22.4. The Morgan fingerprint density at radius 1 is 1.06 bits per heavy atom. The molecule has 0 bridgehead atoms. The average molecular weight is 466 g/mol. The zero-order valence-electron chi connectivity index (χ0n) is 16.0. The fourth-order valence-electron chi connectivity index (χ4n) is 2.49. The first kappa shape index (κ1) is 22.3. The molecule has 0 aliphatic carbocycles. The molecule has 0 saturated carbocycles. The van der Waals surface area contributed by atoms with E-state index in [0.717, 1.165) is 0 Å². The second-order valence-corrected chi connectivity index (χ2v) is 8.23. The molecule has 1 heterocycles. The van der Waals surface area contributed by atoms with Gasteiger partial charge in [0.15, 0.2) is 5.11 Å². The summed E-state index contributed by atoms with van der Waals surface area (Å²) >= 11 is 5.25. The number of rotatable bonds is 7. The number of aryl methyl sites for hydroxylation is 1. The Morgan fingerprint density at radius 2 is 1.74 bits per heavy atom. The molecule has 0 aliphatic heterocycles. The number of alkyl halides is 2.